The summed E-state index contributed by atoms with van der Waals surface area (Å²) in [5.74, 6) is 0.838. The number of alkyl halides is 1. The van der Waals surface area contributed by atoms with Crippen LogP contribution in [0.15, 0.2) is 0 Å². The van der Waals surface area contributed by atoms with E-state index >= 15 is 0 Å². The van der Waals surface area contributed by atoms with Gasteiger partial charge in [-0.1, -0.05) is 41.6 Å². The van der Waals surface area contributed by atoms with E-state index < -0.39 is 0 Å². The molecule has 94 valence electrons. The molecule has 0 saturated heterocycles. The van der Waals surface area contributed by atoms with Crippen molar-refractivity contribution < 1.29 is 4.79 Å². The van der Waals surface area contributed by atoms with Crippen LogP contribution in [0.2, 0.25) is 0 Å². The molecule has 1 rings (SSSR count). The Labute approximate surface area is 108 Å². The number of carbonyl (C=O) groups is 1. The van der Waals surface area contributed by atoms with Gasteiger partial charge >= 0.3 is 0 Å². The highest BCUT2D eigenvalue weighted by atomic mass is 79.9. The summed E-state index contributed by atoms with van der Waals surface area (Å²) in [6.07, 6.45) is 8.51. The third-order valence-corrected chi connectivity index (χ3v) is 4.66. The van der Waals surface area contributed by atoms with Gasteiger partial charge in [0.15, 0.2) is 0 Å². The second-order valence-corrected chi connectivity index (χ2v) is 6.19. The fraction of sp³-hybridized carbons (Fsp3) is 0.923. The third-order valence-electron chi connectivity index (χ3n) is 3.26. The Hall–Kier alpha value is -0.0500. The van der Waals surface area contributed by atoms with Crippen LogP contribution < -0.4 is 5.32 Å². The Morgan fingerprint density at radius 1 is 1.25 bits per heavy atom. The summed E-state index contributed by atoms with van der Waals surface area (Å²) in [6.45, 7) is 4.10. The number of nitrogens with one attached hydrogen (secondary N) is 1. The van der Waals surface area contributed by atoms with Crippen LogP contribution in [-0.2, 0) is 4.79 Å². The lowest BCUT2D eigenvalue weighted by Crippen LogP contribution is -2.45. The van der Waals surface area contributed by atoms with Crippen molar-refractivity contribution in [2.24, 2.45) is 5.92 Å². The zero-order valence-electron chi connectivity index (χ0n) is 10.5. The first-order valence-electron chi connectivity index (χ1n) is 6.40. The quantitative estimate of drug-likeness (QED) is 0.621. The van der Waals surface area contributed by atoms with Gasteiger partial charge in [0.05, 0.1) is 0 Å². The maximum atomic E-state index is 11.9. The molecule has 2 nitrogen and oxygen atoms in total. The van der Waals surface area contributed by atoms with E-state index in [-0.39, 0.29) is 11.4 Å². The van der Waals surface area contributed by atoms with Gasteiger partial charge in [0.25, 0.3) is 0 Å². The maximum absolute atomic E-state index is 11.9. The van der Waals surface area contributed by atoms with Gasteiger partial charge in [0, 0.05) is 17.3 Å². The zero-order chi connectivity index (χ0) is 12.0. The molecule has 1 N–H and O–H groups in total. The predicted molar refractivity (Wildman–Crippen MR) is 71.8 cm³/mol. The van der Waals surface area contributed by atoms with Gasteiger partial charge in [-0.2, -0.15) is 0 Å². The summed E-state index contributed by atoms with van der Waals surface area (Å²) >= 11 is 3.42. The van der Waals surface area contributed by atoms with E-state index in [0.29, 0.717) is 5.92 Å². The standard InChI is InChI=1S/C13H24BrNO/c1-13(2,10-14)15-12(16)9-11-7-5-3-4-6-8-11/h11H,3-10H2,1-2H3,(H,15,16). The molecule has 0 aromatic rings. The predicted octanol–water partition coefficient (Wildman–Crippen LogP) is 3.64. The summed E-state index contributed by atoms with van der Waals surface area (Å²) in [4.78, 5) is 11.9. The number of hydrogen-bond donors (Lipinski definition) is 1. The molecular formula is C13H24BrNO. The van der Waals surface area contributed by atoms with Gasteiger partial charge in [0.1, 0.15) is 0 Å². The van der Waals surface area contributed by atoms with Crippen LogP contribution in [0, 0.1) is 5.92 Å². The van der Waals surface area contributed by atoms with Crippen molar-refractivity contribution in [2.75, 3.05) is 5.33 Å². The van der Waals surface area contributed by atoms with E-state index in [1.165, 1.54) is 38.5 Å². The van der Waals surface area contributed by atoms with E-state index in [9.17, 15) is 4.79 Å². The second kappa shape index (κ2) is 6.63. The van der Waals surface area contributed by atoms with Crippen LogP contribution in [0.4, 0.5) is 0 Å². The highest BCUT2D eigenvalue weighted by Gasteiger charge is 2.21. The van der Waals surface area contributed by atoms with Gasteiger partial charge in [-0.25, -0.2) is 0 Å². The van der Waals surface area contributed by atoms with E-state index in [0.717, 1.165) is 11.8 Å². The van der Waals surface area contributed by atoms with Crippen LogP contribution >= 0.6 is 15.9 Å². The average molecular weight is 290 g/mol. The lowest BCUT2D eigenvalue weighted by molar-refractivity contribution is -0.123. The Balaban J connectivity index is 2.32. The normalized spacial score (nSPS) is 19.2. The molecular weight excluding hydrogens is 266 g/mol. The first-order valence-corrected chi connectivity index (χ1v) is 7.52. The average Bonchev–Trinajstić information content (AvgIpc) is 2.45. The van der Waals surface area contributed by atoms with Crippen LogP contribution in [0.5, 0.6) is 0 Å². The highest BCUT2D eigenvalue weighted by molar-refractivity contribution is 9.09. The number of halogens is 1. The van der Waals surface area contributed by atoms with Crippen molar-refractivity contribution in [3.63, 3.8) is 0 Å². The van der Waals surface area contributed by atoms with Gasteiger partial charge in [0.2, 0.25) is 5.91 Å². The second-order valence-electron chi connectivity index (χ2n) is 5.63. The van der Waals surface area contributed by atoms with Crippen molar-refractivity contribution in [3.8, 4) is 0 Å². The molecule has 16 heavy (non-hydrogen) atoms. The van der Waals surface area contributed by atoms with Crippen molar-refractivity contribution in [1.29, 1.82) is 0 Å². The fourth-order valence-corrected chi connectivity index (χ4v) is 2.43. The summed E-state index contributed by atoms with van der Waals surface area (Å²) in [6, 6.07) is 0. The monoisotopic (exact) mass is 289 g/mol. The first kappa shape index (κ1) is 14.0. The van der Waals surface area contributed by atoms with E-state index in [2.05, 4.69) is 21.2 Å². The van der Waals surface area contributed by atoms with Gasteiger partial charge in [-0.15, -0.1) is 0 Å². The summed E-state index contributed by atoms with van der Waals surface area (Å²) < 4.78 is 0. The molecule has 0 radical (unpaired) electrons. The molecule has 0 atom stereocenters. The lowest BCUT2D eigenvalue weighted by atomic mass is 9.95. The molecule has 0 heterocycles. The molecule has 3 heteroatoms. The Bertz CT molecular complexity index is 220. The van der Waals surface area contributed by atoms with Gasteiger partial charge < -0.3 is 5.32 Å². The minimum absolute atomic E-state index is 0.123. The largest absolute Gasteiger partial charge is 0.350 e. The van der Waals surface area contributed by atoms with Crippen molar-refractivity contribution >= 4 is 21.8 Å². The molecule has 1 saturated carbocycles. The maximum Gasteiger partial charge on any atom is 0.220 e. The molecule has 1 aliphatic carbocycles. The van der Waals surface area contributed by atoms with Crippen molar-refractivity contribution in [2.45, 2.75) is 64.3 Å². The number of rotatable bonds is 4. The molecule has 0 aromatic carbocycles. The molecule has 0 unspecified atom stereocenters. The van der Waals surface area contributed by atoms with Crippen LogP contribution in [0.25, 0.3) is 0 Å². The van der Waals surface area contributed by atoms with E-state index in [1.54, 1.807) is 0 Å². The zero-order valence-corrected chi connectivity index (χ0v) is 12.1. The lowest BCUT2D eigenvalue weighted by Gasteiger charge is -2.25. The van der Waals surface area contributed by atoms with E-state index in [4.69, 9.17) is 0 Å². The number of carbonyl (C=O) groups excluding carboxylic acids is 1. The fourth-order valence-electron chi connectivity index (χ4n) is 2.29. The van der Waals surface area contributed by atoms with E-state index in [1.807, 2.05) is 13.8 Å². The van der Waals surface area contributed by atoms with Crippen LogP contribution in [0.1, 0.15) is 58.8 Å². The van der Waals surface area contributed by atoms with Crippen LogP contribution in [-0.4, -0.2) is 16.8 Å². The molecule has 0 spiro atoms. The van der Waals surface area contributed by atoms with Crippen molar-refractivity contribution in [3.05, 3.63) is 0 Å². The molecule has 1 aliphatic rings. The highest BCUT2D eigenvalue weighted by Crippen LogP contribution is 2.25. The Morgan fingerprint density at radius 3 is 2.31 bits per heavy atom. The summed E-state index contributed by atoms with van der Waals surface area (Å²) in [5, 5.41) is 3.89. The van der Waals surface area contributed by atoms with Crippen molar-refractivity contribution in [1.82, 2.24) is 5.32 Å². The minimum Gasteiger partial charge on any atom is -0.350 e. The topological polar surface area (TPSA) is 29.1 Å². The van der Waals surface area contributed by atoms with Gasteiger partial charge in [-0.3, -0.25) is 4.79 Å². The number of hydrogen-bond acceptors (Lipinski definition) is 1. The Morgan fingerprint density at radius 2 is 1.81 bits per heavy atom. The third kappa shape index (κ3) is 5.33. The molecule has 0 bridgehead atoms. The minimum atomic E-state index is -0.123. The summed E-state index contributed by atoms with van der Waals surface area (Å²) in [7, 11) is 0. The van der Waals surface area contributed by atoms with Crippen LogP contribution in [0.3, 0.4) is 0 Å². The molecule has 0 aromatic heterocycles. The molecule has 1 amide bonds. The summed E-state index contributed by atoms with van der Waals surface area (Å²) in [5.41, 5.74) is -0.123. The smallest absolute Gasteiger partial charge is 0.220 e. The van der Waals surface area contributed by atoms with Gasteiger partial charge in [-0.05, 0) is 32.6 Å². The molecule has 1 fully saturated rings. The Kier molecular flexibility index (Phi) is 5.81. The SMILES string of the molecule is CC(C)(CBr)NC(=O)CC1CCCCCC1. The molecule has 0 aliphatic heterocycles. The first-order chi connectivity index (χ1) is 7.53. The number of amides is 1.